The van der Waals surface area contributed by atoms with E-state index >= 15 is 0 Å². The number of allylic oxidation sites excluding steroid dienone is 2. The first kappa shape index (κ1) is 29.9. The molecule has 1 aliphatic heterocycles. The van der Waals surface area contributed by atoms with Crippen molar-refractivity contribution in [3.63, 3.8) is 0 Å². The number of anilines is 1. The molecule has 2 aromatic carbocycles. The molecule has 3 aromatic rings. The van der Waals surface area contributed by atoms with Crippen LogP contribution in [-0.2, 0) is 21.2 Å². The zero-order valence-electron chi connectivity index (χ0n) is 22.9. The molecule has 11 heteroatoms. The lowest BCUT2D eigenvalue weighted by Gasteiger charge is -2.35. The van der Waals surface area contributed by atoms with Crippen LogP contribution in [0.2, 0.25) is 5.02 Å². The van der Waals surface area contributed by atoms with Crippen LogP contribution in [0.15, 0.2) is 53.8 Å². The van der Waals surface area contributed by atoms with Crippen LogP contribution in [0.25, 0.3) is 11.6 Å². The van der Waals surface area contributed by atoms with Gasteiger partial charge in [0, 0.05) is 12.0 Å². The molecule has 1 unspecified atom stereocenters. The average molecular weight is 607 g/mol. The Bertz CT molecular complexity index is 1520. The number of nitrogens with zero attached hydrogens (tertiary/aromatic N) is 2. The van der Waals surface area contributed by atoms with Crippen molar-refractivity contribution in [3.05, 3.63) is 75.7 Å². The standard InChI is InChI=1S/C29H32ClFN2O5S2/c1-6-26-32-28(29(39-26)37-7-2)40(34,35)33-17-21(13-11-19(4)36-5)38-25-14-12-20(16-24(25)33)15-18(3)27-22(30)9-8-10-23(27)31/h8-10,12,14-16,21H,4,6-7,11,13,17H2,1-3,5H3. The molecule has 0 fully saturated rings. The summed E-state index contributed by atoms with van der Waals surface area (Å²) >= 11 is 7.50. The van der Waals surface area contributed by atoms with E-state index in [2.05, 4.69) is 11.6 Å². The van der Waals surface area contributed by atoms with Gasteiger partial charge in [-0.3, -0.25) is 4.31 Å². The summed E-state index contributed by atoms with van der Waals surface area (Å²) in [6, 6.07) is 9.74. The summed E-state index contributed by atoms with van der Waals surface area (Å²) in [5.74, 6) is 0.550. The molecule has 4 rings (SSSR count). The second-order valence-corrected chi connectivity index (χ2v) is 12.4. The quantitative estimate of drug-likeness (QED) is 0.168. The minimum Gasteiger partial charge on any atom is -0.502 e. The number of sulfonamides is 1. The van der Waals surface area contributed by atoms with Crippen molar-refractivity contribution in [1.29, 1.82) is 0 Å². The van der Waals surface area contributed by atoms with Crippen molar-refractivity contribution < 1.29 is 27.0 Å². The lowest BCUT2D eigenvalue weighted by atomic mass is 10.0. The van der Waals surface area contributed by atoms with Crippen molar-refractivity contribution in [2.45, 2.75) is 51.2 Å². The lowest BCUT2D eigenvalue weighted by molar-refractivity contribution is 0.178. The summed E-state index contributed by atoms with van der Waals surface area (Å²) in [5.41, 5.74) is 1.90. The molecular formula is C29H32ClFN2O5S2. The third-order valence-corrected chi connectivity index (χ3v) is 9.66. The molecule has 2 heterocycles. The maximum atomic E-state index is 14.5. The van der Waals surface area contributed by atoms with Gasteiger partial charge in [0.1, 0.15) is 17.7 Å². The number of hydrogen-bond acceptors (Lipinski definition) is 7. The van der Waals surface area contributed by atoms with E-state index < -0.39 is 21.9 Å². The maximum Gasteiger partial charge on any atom is 0.286 e. The first-order valence-corrected chi connectivity index (χ1v) is 15.5. The van der Waals surface area contributed by atoms with Crippen LogP contribution in [0, 0.1) is 5.82 Å². The molecule has 0 N–H and O–H groups in total. The fraction of sp³-hybridized carbons (Fsp3) is 0.345. The molecule has 0 aliphatic carbocycles. The largest absolute Gasteiger partial charge is 0.502 e. The first-order valence-electron chi connectivity index (χ1n) is 12.9. The Morgan fingerprint density at radius 2 is 2.10 bits per heavy atom. The van der Waals surface area contributed by atoms with Crippen LogP contribution >= 0.6 is 22.9 Å². The van der Waals surface area contributed by atoms with Gasteiger partial charge in [-0.1, -0.05) is 54.6 Å². The second kappa shape index (κ2) is 12.6. The Morgan fingerprint density at radius 3 is 2.77 bits per heavy atom. The second-order valence-electron chi connectivity index (χ2n) is 9.20. The number of benzene rings is 2. The van der Waals surface area contributed by atoms with E-state index in [0.29, 0.717) is 64.2 Å². The summed E-state index contributed by atoms with van der Waals surface area (Å²) in [6.07, 6.45) is 2.89. The Balaban J connectivity index is 1.80. The predicted octanol–water partition coefficient (Wildman–Crippen LogP) is 7.35. The Morgan fingerprint density at radius 1 is 1.32 bits per heavy atom. The minimum absolute atomic E-state index is 0.0577. The van der Waals surface area contributed by atoms with Crippen LogP contribution in [0.5, 0.6) is 10.8 Å². The molecule has 1 aromatic heterocycles. The molecule has 7 nitrogen and oxygen atoms in total. The number of thiazole rings is 1. The van der Waals surface area contributed by atoms with Gasteiger partial charge in [-0.15, -0.1) is 0 Å². The number of rotatable bonds is 11. The molecule has 0 bridgehead atoms. The lowest BCUT2D eigenvalue weighted by Crippen LogP contribution is -2.43. The topological polar surface area (TPSA) is 78.0 Å². The van der Waals surface area contributed by atoms with Crippen molar-refractivity contribution in [3.8, 4) is 10.8 Å². The molecule has 1 atom stereocenters. The highest BCUT2D eigenvalue weighted by Gasteiger charge is 2.38. The number of aryl methyl sites for hydroxylation is 1. The molecule has 0 amide bonds. The van der Waals surface area contributed by atoms with E-state index in [1.807, 2.05) is 6.92 Å². The van der Waals surface area contributed by atoms with E-state index in [0.717, 1.165) is 0 Å². The number of hydrogen-bond donors (Lipinski definition) is 0. The average Bonchev–Trinajstić information content (AvgIpc) is 3.35. The molecule has 40 heavy (non-hydrogen) atoms. The van der Waals surface area contributed by atoms with Gasteiger partial charge in [0.2, 0.25) is 10.1 Å². The minimum atomic E-state index is -4.13. The zero-order valence-corrected chi connectivity index (χ0v) is 25.3. The van der Waals surface area contributed by atoms with Crippen LogP contribution in [0.1, 0.15) is 49.7 Å². The Hall–Kier alpha value is -3.08. The van der Waals surface area contributed by atoms with Gasteiger partial charge in [0.25, 0.3) is 10.0 Å². The van der Waals surface area contributed by atoms with Crippen LogP contribution in [0.4, 0.5) is 10.1 Å². The fourth-order valence-electron chi connectivity index (χ4n) is 4.39. The van der Waals surface area contributed by atoms with Crippen LogP contribution < -0.4 is 13.8 Å². The van der Waals surface area contributed by atoms with Gasteiger partial charge < -0.3 is 14.2 Å². The van der Waals surface area contributed by atoms with Gasteiger partial charge in [-0.2, -0.15) is 8.42 Å². The zero-order chi connectivity index (χ0) is 29.0. The third-order valence-electron chi connectivity index (χ3n) is 6.41. The highest BCUT2D eigenvalue weighted by molar-refractivity contribution is 7.93. The van der Waals surface area contributed by atoms with Gasteiger partial charge in [-0.25, -0.2) is 9.37 Å². The van der Waals surface area contributed by atoms with E-state index in [4.69, 9.17) is 25.8 Å². The van der Waals surface area contributed by atoms with Gasteiger partial charge in [-0.05, 0) is 62.1 Å². The number of methoxy groups -OCH3 is 1. The van der Waals surface area contributed by atoms with Crippen molar-refractivity contribution >= 4 is 50.3 Å². The third kappa shape index (κ3) is 6.29. The van der Waals surface area contributed by atoms with Gasteiger partial charge >= 0.3 is 0 Å². The summed E-state index contributed by atoms with van der Waals surface area (Å²) in [4.78, 5) is 4.43. The predicted molar refractivity (Wildman–Crippen MR) is 158 cm³/mol. The molecule has 0 saturated carbocycles. The molecule has 0 radical (unpaired) electrons. The van der Waals surface area contributed by atoms with Gasteiger partial charge in [0.15, 0.2) is 0 Å². The highest BCUT2D eigenvalue weighted by Crippen LogP contribution is 2.42. The van der Waals surface area contributed by atoms with E-state index in [9.17, 15) is 12.8 Å². The van der Waals surface area contributed by atoms with Crippen LogP contribution in [-0.4, -0.2) is 39.8 Å². The first-order chi connectivity index (χ1) is 19.1. The molecule has 1 aliphatic rings. The monoisotopic (exact) mass is 606 g/mol. The summed E-state index contributed by atoms with van der Waals surface area (Å²) in [6.45, 7) is 9.69. The molecule has 214 valence electrons. The molecule has 0 spiro atoms. The summed E-state index contributed by atoms with van der Waals surface area (Å²) < 4.78 is 61.3. The van der Waals surface area contributed by atoms with E-state index in [1.165, 1.54) is 21.7 Å². The normalized spacial score (nSPS) is 15.4. The fourth-order valence-corrected chi connectivity index (χ4v) is 7.47. The highest BCUT2D eigenvalue weighted by atomic mass is 35.5. The van der Waals surface area contributed by atoms with Crippen molar-refractivity contribution in [2.75, 3.05) is 24.6 Å². The summed E-state index contributed by atoms with van der Waals surface area (Å²) in [7, 11) is -2.59. The van der Waals surface area contributed by atoms with Crippen LogP contribution in [0.3, 0.4) is 0 Å². The Labute approximate surface area is 243 Å². The smallest absolute Gasteiger partial charge is 0.286 e. The summed E-state index contributed by atoms with van der Waals surface area (Å²) in [5, 5.41) is 1.10. The number of halogens is 2. The van der Waals surface area contributed by atoms with E-state index in [1.54, 1.807) is 57.4 Å². The van der Waals surface area contributed by atoms with E-state index in [-0.39, 0.29) is 22.2 Å². The Kier molecular flexibility index (Phi) is 9.43. The van der Waals surface area contributed by atoms with Gasteiger partial charge in [0.05, 0.1) is 41.7 Å². The number of ether oxygens (including phenoxy) is 3. The molecular weight excluding hydrogens is 575 g/mol. The maximum absolute atomic E-state index is 14.5. The van der Waals surface area contributed by atoms with Crippen molar-refractivity contribution in [1.82, 2.24) is 4.98 Å². The SMILES string of the molecule is C=C(CCC1CN(S(=O)(=O)c2nc(CC)sc2OCC)c2cc(C=C(C)c3c(F)cccc3Cl)ccc2O1)OC. The van der Waals surface area contributed by atoms with Crippen molar-refractivity contribution in [2.24, 2.45) is 0 Å². The number of aromatic nitrogens is 1. The number of fused-ring (bicyclic) bond motifs is 1. The molecule has 0 saturated heterocycles.